The zero-order valence-corrected chi connectivity index (χ0v) is 28.2. The summed E-state index contributed by atoms with van der Waals surface area (Å²) in [6.45, 7) is 2.69. The number of imidazole rings is 1. The molecule has 0 aliphatic carbocycles. The van der Waals surface area contributed by atoms with E-state index in [0.29, 0.717) is 28.3 Å². The molecule has 1 aliphatic rings. The van der Waals surface area contributed by atoms with Crippen LogP contribution in [-0.4, -0.2) is 81.1 Å². The first-order valence-corrected chi connectivity index (χ1v) is 17.2. The van der Waals surface area contributed by atoms with E-state index in [1.54, 1.807) is 51.9 Å². The largest absolute Gasteiger partial charge is 0.462 e. The number of halogens is 2. The van der Waals surface area contributed by atoms with Crippen molar-refractivity contribution in [2.24, 2.45) is 0 Å². The van der Waals surface area contributed by atoms with Crippen molar-refractivity contribution >= 4 is 52.2 Å². The predicted molar refractivity (Wildman–Crippen MR) is 173 cm³/mol. The quantitative estimate of drug-likeness (QED) is 0.165. The van der Waals surface area contributed by atoms with E-state index in [9.17, 15) is 9.90 Å². The summed E-state index contributed by atoms with van der Waals surface area (Å²) in [5.41, 5.74) is -2.16. The number of carbonyl (C=O) groups excluding carboxylic acids is 1. The molecule has 2 N–H and O–H groups in total. The first kappa shape index (κ1) is 34.0. The van der Waals surface area contributed by atoms with Gasteiger partial charge in [0, 0.05) is 19.5 Å². The normalized spacial score (nSPS) is 25.1. The maximum atomic E-state index is 16.6. The Morgan fingerprint density at radius 1 is 1.20 bits per heavy atom. The predicted octanol–water partition coefficient (Wildman–Crippen LogP) is 4.89. The van der Waals surface area contributed by atoms with Crippen LogP contribution in [0.5, 0.6) is 5.75 Å². The van der Waals surface area contributed by atoms with E-state index in [2.05, 4.69) is 20.0 Å². The third-order valence-corrected chi connectivity index (χ3v) is 9.85. The van der Waals surface area contributed by atoms with Gasteiger partial charge in [0.25, 0.3) is 5.85 Å². The molecular formula is C30H37F2N6O6PS. The second-order valence-electron chi connectivity index (χ2n) is 11.8. The highest BCUT2D eigenvalue weighted by Crippen LogP contribution is 2.53. The summed E-state index contributed by atoms with van der Waals surface area (Å²) in [7, 11) is 3.53. The molecule has 0 radical (unpaired) electrons. The van der Waals surface area contributed by atoms with Crippen LogP contribution in [0.4, 0.5) is 14.6 Å². The van der Waals surface area contributed by atoms with Gasteiger partial charge in [-0.15, -0.1) is 0 Å². The van der Waals surface area contributed by atoms with Gasteiger partial charge in [0.2, 0.25) is 0 Å². The van der Waals surface area contributed by atoms with Crippen molar-refractivity contribution in [1.82, 2.24) is 24.6 Å². The molecule has 2 aromatic carbocycles. The lowest BCUT2D eigenvalue weighted by Crippen LogP contribution is -2.47. The average Bonchev–Trinajstić information content (AvgIpc) is 3.47. The Kier molecular flexibility index (Phi) is 9.39. The number of aryl methyl sites for hydroxylation is 1. The van der Waals surface area contributed by atoms with Crippen LogP contribution in [0.25, 0.3) is 21.9 Å². The minimum absolute atomic E-state index is 0.186. The van der Waals surface area contributed by atoms with Crippen LogP contribution in [0.2, 0.25) is 0 Å². The van der Waals surface area contributed by atoms with E-state index < -0.39 is 55.2 Å². The molecule has 6 atom stereocenters. The summed E-state index contributed by atoms with van der Waals surface area (Å²) >= 11 is 5.77. The van der Waals surface area contributed by atoms with Gasteiger partial charge in [0.15, 0.2) is 35.0 Å². The van der Waals surface area contributed by atoms with Gasteiger partial charge in [-0.2, -0.15) is 0 Å². The van der Waals surface area contributed by atoms with Gasteiger partial charge >= 0.3 is 12.6 Å². The van der Waals surface area contributed by atoms with Gasteiger partial charge in [0.05, 0.1) is 12.4 Å². The monoisotopic (exact) mass is 678 g/mol. The molecule has 46 heavy (non-hydrogen) atoms. The number of ether oxygens (including phenoxy) is 2. The number of rotatable bonds is 11. The zero-order chi connectivity index (χ0) is 33.6. The molecule has 12 nitrogen and oxygen atoms in total. The van der Waals surface area contributed by atoms with Crippen LogP contribution in [0.3, 0.4) is 0 Å². The summed E-state index contributed by atoms with van der Waals surface area (Å²) in [6, 6.07) is 11.6. The van der Waals surface area contributed by atoms with E-state index in [4.69, 9.17) is 30.3 Å². The third kappa shape index (κ3) is 6.57. The molecule has 0 unspecified atom stereocenters. The summed E-state index contributed by atoms with van der Waals surface area (Å²) in [6.07, 6.45) is -3.18. The molecule has 0 bridgehead atoms. The van der Waals surface area contributed by atoms with Gasteiger partial charge < -0.3 is 28.5 Å². The number of esters is 1. The number of aromatic nitrogens is 4. The van der Waals surface area contributed by atoms with Gasteiger partial charge in [0.1, 0.15) is 24.2 Å². The number of fused-ring (bicyclic) bond motifs is 2. The van der Waals surface area contributed by atoms with Crippen molar-refractivity contribution in [2.45, 2.75) is 70.6 Å². The molecule has 3 heterocycles. The molecule has 1 aliphatic heterocycles. The molecule has 1 saturated heterocycles. The first-order valence-electron chi connectivity index (χ1n) is 14.6. The molecule has 1 fully saturated rings. The van der Waals surface area contributed by atoms with E-state index >= 15 is 8.78 Å². The number of benzene rings is 2. The van der Waals surface area contributed by atoms with Gasteiger partial charge in [-0.25, -0.2) is 28.8 Å². The molecule has 0 spiro atoms. The van der Waals surface area contributed by atoms with Crippen LogP contribution in [0.15, 0.2) is 48.8 Å². The van der Waals surface area contributed by atoms with Gasteiger partial charge in [-0.05, 0) is 57.9 Å². The maximum absolute atomic E-state index is 16.6. The van der Waals surface area contributed by atoms with Crippen LogP contribution in [0.1, 0.15) is 39.7 Å². The fourth-order valence-electron chi connectivity index (χ4n) is 5.15. The minimum Gasteiger partial charge on any atom is -0.462 e. The van der Waals surface area contributed by atoms with Crippen molar-refractivity contribution in [3.8, 4) is 5.75 Å². The van der Waals surface area contributed by atoms with Crippen LogP contribution < -0.4 is 14.5 Å². The first-order chi connectivity index (χ1) is 21.5. The maximum Gasteiger partial charge on any atom is 0.323 e. The highest BCUT2D eigenvalue weighted by molar-refractivity contribution is 8.09. The molecule has 248 valence electrons. The van der Waals surface area contributed by atoms with E-state index in [1.807, 2.05) is 30.3 Å². The smallest absolute Gasteiger partial charge is 0.323 e. The SMILES string of the molecule is Cc1nc(N(C)C)c2ncn([C@@H]3O[C@](F)(CO[P@@](=S)(N[C@H](C)C(=O)OC(C)C)Oc4cccc5ccccc45)[C@@H](O)[C@@]3(C)F)c2n1. The van der Waals surface area contributed by atoms with Crippen molar-refractivity contribution < 1.29 is 37.2 Å². The number of anilines is 1. The Hall–Kier alpha value is -3.33. The molecular weight excluding hydrogens is 641 g/mol. The highest BCUT2D eigenvalue weighted by atomic mass is 32.5. The minimum atomic E-state index is -3.82. The topological polar surface area (TPSA) is 133 Å². The lowest BCUT2D eigenvalue weighted by molar-refractivity contribution is -0.202. The van der Waals surface area contributed by atoms with E-state index in [-0.39, 0.29) is 5.65 Å². The standard InChI is InChI=1S/C30H37F2N6O6PS/c1-17(2)42-26(39)18(3)36-45(46,44-22-14-10-12-20-11-8-9-13-21(20)22)41-15-30(32)27(40)29(5,31)28(43-30)38-16-33-23-24(37(6)7)34-19(4)35-25(23)38/h8-14,16-18,27-28,40H,15H2,1-7H3,(H,36,46)/t18-,27+,28-,29-,30-,45+/m1/s1. The number of hydrogen-bond acceptors (Lipinski definition) is 11. The molecule has 16 heteroatoms. The number of nitrogens with one attached hydrogen (secondary N) is 1. The summed E-state index contributed by atoms with van der Waals surface area (Å²) < 4.78 is 57.1. The van der Waals surface area contributed by atoms with Crippen molar-refractivity contribution in [3.05, 3.63) is 54.6 Å². The Morgan fingerprint density at radius 3 is 2.59 bits per heavy atom. The Bertz CT molecular complexity index is 1800. The highest BCUT2D eigenvalue weighted by Gasteiger charge is 2.65. The van der Waals surface area contributed by atoms with Crippen molar-refractivity contribution in [1.29, 1.82) is 0 Å². The average molecular weight is 679 g/mol. The second kappa shape index (κ2) is 12.7. The number of hydrogen-bond donors (Lipinski definition) is 2. The van der Waals surface area contributed by atoms with E-state index in [1.165, 1.54) is 17.8 Å². The Labute approximate surface area is 270 Å². The summed E-state index contributed by atoms with van der Waals surface area (Å²) in [5, 5.41) is 15.4. The second-order valence-corrected chi connectivity index (χ2v) is 14.9. The number of carbonyl (C=O) groups is 1. The van der Waals surface area contributed by atoms with Crippen molar-refractivity contribution in [2.75, 3.05) is 25.6 Å². The molecule has 0 amide bonds. The molecule has 5 rings (SSSR count). The zero-order valence-electron chi connectivity index (χ0n) is 26.5. The summed E-state index contributed by atoms with van der Waals surface area (Å²) in [5.74, 6) is -2.59. The molecule has 4 aromatic rings. The van der Waals surface area contributed by atoms with Crippen LogP contribution in [-0.2, 0) is 30.6 Å². The fourth-order valence-corrected chi connectivity index (χ4v) is 7.54. The number of alkyl halides is 2. The number of nitrogens with zero attached hydrogens (tertiary/aromatic N) is 5. The van der Waals surface area contributed by atoms with Crippen LogP contribution >= 0.6 is 6.64 Å². The molecule has 2 aromatic heterocycles. The van der Waals surface area contributed by atoms with E-state index in [0.717, 1.165) is 12.3 Å². The third-order valence-electron chi connectivity index (χ3n) is 7.38. The summed E-state index contributed by atoms with van der Waals surface area (Å²) in [4.78, 5) is 27.5. The van der Waals surface area contributed by atoms with Gasteiger partial charge in [-0.1, -0.05) is 36.4 Å². The number of aliphatic hydroxyl groups excluding tert-OH is 1. The van der Waals surface area contributed by atoms with Gasteiger partial charge in [-0.3, -0.25) is 9.36 Å². The lowest BCUT2D eigenvalue weighted by Gasteiger charge is -2.30. The number of aliphatic hydroxyl groups is 1. The lowest BCUT2D eigenvalue weighted by atomic mass is 9.97. The Balaban J connectivity index is 1.46. The fraction of sp³-hybridized carbons (Fsp3) is 0.467. The van der Waals surface area contributed by atoms with Crippen molar-refractivity contribution in [3.63, 3.8) is 0 Å². The molecule has 0 saturated carbocycles. The van der Waals surface area contributed by atoms with Crippen LogP contribution in [0, 0.1) is 6.92 Å². The Morgan fingerprint density at radius 2 is 1.89 bits per heavy atom.